The molecule has 3 nitrogen and oxygen atoms in total. The van der Waals surface area contributed by atoms with Crippen LogP contribution in [0.25, 0.3) is 11.1 Å². The monoisotopic (exact) mass is 275 g/mol. The molecule has 0 saturated carbocycles. The van der Waals surface area contributed by atoms with Crippen molar-refractivity contribution in [1.29, 1.82) is 0 Å². The van der Waals surface area contributed by atoms with Crippen LogP contribution in [0.1, 0.15) is 38.3 Å². The van der Waals surface area contributed by atoms with Crippen molar-refractivity contribution in [2.75, 3.05) is 5.73 Å². The Bertz CT molecular complexity index is 558. The molecule has 0 unspecified atom stereocenters. The third-order valence-electron chi connectivity index (χ3n) is 3.56. The lowest BCUT2D eigenvalue weighted by Gasteiger charge is -2.04. The average molecular weight is 275 g/mol. The van der Waals surface area contributed by atoms with Crippen LogP contribution >= 0.6 is 0 Å². The van der Waals surface area contributed by atoms with Crippen LogP contribution in [-0.2, 0) is 13.5 Å². The number of unbranched alkanes of at least 4 members (excludes halogenated alkanes) is 3. The summed E-state index contributed by atoms with van der Waals surface area (Å²) in [6, 6.07) is 6.45. The molecule has 0 bridgehead atoms. The van der Waals surface area contributed by atoms with Crippen LogP contribution in [0.3, 0.4) is 0 Å². The number of nitrogens with zero attached hydrogens (tertiary/aromatic N) is 2. The van der Waals surface area contributed by atoms with E-state index in [2.05, 4.69) is 12.0 Å². The summed E-state index contributed by atoms with van der Waals surface area (Å²) in [4.78, 5) is 0. The summed E-state index contributed by atoms with van der Waals surface area (Å²) in [7, 11) is 1.85. The second-order valence-corrected chi connectivity index (χ2v) is 5.15. The summed E-state index contributed by atoms with van der Waals surface area (Å²) >= 11 is 0. The standard InChI is InChI=1S/C16H22FN3/c1-3-4-5-6-7-14-15(16(18)20(2)19-14)12-8-10-13(17)11-9-12/h8-11H,3-7,18H2,1-2H3. The number of hydrogen-bond acceptors (Lipinski definition) is 2. The highest BCUT2D eigenvalue weighted by Gasteiger charge is 2.15. The van der Waals surface area contributed by atoms with Gasteiger partial charge in [0.15, 0.2) is 0 Å². The van der Waals surface area contributed by atoms with Crippen molar-refractivity contribution in [3.05, 3.63) is 35.8 Å². The number of halogens is 1. The minimum absolute atomic E-state index is 0.235. The quantitative estimate of drug-likeness (QED) is 0.812. The summed E-state index contributed by atoms with van der Waals surface area (Å²) in [5, 5.41) is 4.50. The molecule has 0 spiro atoms. The zero-order valence-corrected chi connectivity index (χ0v) is 12.2. The Hall–Kier alpha value is -1.84. The van der Waals surface area contributed by atoms with Gasteiger partial charge in [0.25, 0.3) is 0 Å². The highest BCUT2D eigenvalue weighted by Crippen LogP contribution is 2.30. The summed E-state index contributed by atoms with van der Waals surface area (Å²) in [6.07, 6.45) is 5.69. The molecule has 2 aromatic rings. The molecular weight excluding hydrogens is 253 g/mol. The van der Waals surface area contributed by atoms with E-state index in [-0.39, 0.29) is 5.82 Å². The molecule has 0 saturated heterocycles. The summed E-state index contributed by atoms with van der Waals surface area (Å²) < 4.78 is 14.7. The number of aryl methyl sites for hydroxylation is 2. The van der Waals surface area contributed by atoms with Gasteiger partial charge >= 0.3 is 0 Å². The number of rotatable bonds is 6. The van der Waals surface area contributed by atoms with Crippen molar-refractivity contribution in [3.63, 3.8) is 0 Å². The topological polar surface area (TPSA) is 43.8 Å². The van der Waals surface area contributed by atoms with Gasteiger partial charge in [0.05, 0.1) is 5.69 Å². The molecule has 108 valence electrons. The SMILES string of the molecule is CCCCCCc1nn(C)c(N)c1-c1ccc(F)cc1. The first kappa shape index (κ1) is 14.6. The molecule has 1 aromatic heterocycles. The van der Waals surface area contributed by atoms with Gasteiger partial charge in [-0.3, -0.25) is 4.68 Å². The molecule has 0 aliphatic heterocycles. The maximum atomic E-state index is 13.0. The van der Waals surface area contributed by atoms with Crippen LogP contribution in [0.4, 0.5) is 10.2 Å². The maximum Gasteiger partial charge on any atom is 0.129 e. The Kier molecular flexibility index (Phi) is 4.77. The van der Waals surface area contributed by atoms with Gasteiger partial charge in [-0.05, 0) is 30.5 Å². The highest BCUT2D eigenvalue weighted by molar-refractivity contribution is 5.76. The second kappa shape index (κ2) is 6.55. The summed E-state index contributed by atoms with van der Waals surface area (Å²) in [6.45, 7) is 2.20. The number of nitrogens with two attached hydrogens (primary N) is 1. The fourth-order valence-electron chi connectivity index (χ4n) is 2.42. The maximum absolute atomic E-state index is 13.0. The van der Waals surface area contributed by atoms with Crippen LogP contribution in [-0.4, -0.2) is 9.78 Å². The Labute approximate surface area is 119 Å². The van der Waals surface area contributed by atoms with Gasteiger partial charge < -0.3 is 5.73 Å². The molecule has 0 atom stereocenters. The zero-order valence-electron chi connectivity index (χ0n) is 12.2. The first-order chi connectivity index (χ1) is 9.63. The Balaban J connectivity index is 2.24. The molecular formula is C16H22FN3. The molecule has 20 heavy (non-hydrogen) atoms. The second-order valence-electron chi connectivity index (χ2n) is 5.15. The number of anilines is 1. The first-order valence-electron chi connectivity index (χ1n) is 7.20. The number of benzene rings is 1. The van der Waals surface area contributed by atoms with Crippen molar-refractivity contribution < 1.29 is 4.39 Å². The molecule has 0 fully saturated rings. The number of hydrogen-bond donors (Lipinski definition) is 1. The number of aromatic nitrogens is 2. The fourth-order valence-corrected chi connectivity index (χ4v) is 2.42. The van der Waals surface area contributed by atoms with Crippen molar-refractivity contribution in [2.24, 2.45) is 7.05 Å². The minimum atomic E-state index is -0.235. The minimum Gasteiger partial charge on any atom is -0.383 e. The first-order valence-corrected chi connectivity index (χ1v) is 7.20. The lowest BCUT2D eigenvalue weighted by molar-refractivity contribution is 0.628. The largest absolute Gasteiger partial charge is 0.383 e. The third-order valence-corrected chi connectivity index (χ3v) is 3.56. The molecule has 4 heteroatoms. The van der Waals surface area contributed by atoms with E-state index in [1.807, 2.05) is 7.05 Å². The van der Waals surface area contributed by atoms with E-state index in [4.69, 9.17) is 5.73 Å². The third kappa shape index (κ3) is 3.18. The van der Waals surface area contributed by atoms with Crippen molar-refractivity contribution in [3.8, 4) is 11.1 Å². The van der Waals surface area contributed by atoms with Crippen LogP contribution in [0.15, 0.2) is 24.3 Å². The molecule has 0 amide bonds. The molecule has 2 N–H and O–H groups in total. The Morgan fingerprint density at radius 2 is 1.85 bits per heavy atom. The van der Waals surface area contributed by atoms with Gasteiger partial charge in [-0.15, -0.1) is 0 Å². The van der Waals surface area contributed by atoms with Crippen LogP contribution in [0, 0.1) is 5.82 Å². The van der Waals surface area contributed by atoms with E-state index in [0.717, 1.165) is 29.7 Å². The average Bonchev–Trinajstić information content (AvgIpc) is 2.72. The van der Waals surface area contributed by atoms with Gasteiger partial charge in [0.2, 0.25) is 0 Å². The van der Waals surface area contributed by atoms with E-state index in [1.54, 1.807) is 16.8 Å². The molecule has 0 radical (unpaired) electrons. The Morgan fingerprint density at radius 3 is 2.50 bits per heavy atom. The molecule has 0 aliphatic rings. The summed E-state index contributed by atoms with van der Waals surface area (Å²) in [5.41, 5.74) is 9.00. The van der Waals surface area contributed by atoms with Crippen LogP contribution < -0.4 is 5.73 Å². The van der Waals surface area contributed by atoms with Crippen LogP contribution in [0.2, 0.25) is 0 Å². The lowest BCUT2D eigenvalue weighted by Crippen LogP contribution is -1.98. The van der Waals surface area contributed by atoms with Gasteiger partial charge in [-0.25, -0.2) is 4.39 Å². The highest BCUT2D eigenvalue weighted by atomic mass is 19.1. The smallest absolute Gasteiger partial charge is 0.129 e. The predicted molar refractivity (Wildman–Crippen MR) is 80.9 cm³/mol. The predicted octanol–water partition coefficient (Wildman–Crippen LogP) is 3.93. The van der Waals surface area contributed by atoms with Gasteiger partial charge in [-0.2, -0.15) is 5.10 Å². The normalized spacial score (nSPS) is 10.9. The summed E-state index contributed by atoms with van der Waals surface area (Å²) in [5.74, 6) is 0.405. The van der Waals surface area contributed by atoms with Gasteiger partial charge in [0.1, 0.15) is 11.6 Å². The van der Waals surface area contributed by atoms with E-state index < -0.39 is 0 Å². The molecule has 1 aromatic carbocycles. The fraction of sp³-hybridized carbons (Fsp3) is 0.438. The molecule has 2 rings (SSSR count). The van der Waals surface area contributed by atoms with Crippen LogP contribution in [0.5, 0.6) is 0 Å². The molecule has 1 heterocycles. The lowest BCUT2D eigenvalue weighted by atomic mass is 10.0. The van der Waals surface area contributed by atoms with E-state index >= 15 is 0 Å². The Morgan fingerprint density at radius 1 is 1.15 bits per heavy atom. The van der Waals surface area contributed by atoms with E-state index in [0.29, 0.717) is 5.82 Å². The molecule has 0 aliphatic carbocycles. The van der Waals surface area contributed by atoms with E-state index in [1.165, 1.54) is 31.4 Å². The van der Waals surface area contributed by atoms with Crippen molar-refractivity contribution in [1.82, 2.24) is 9.78 Å². The van der Waals surface area contributed by atoms with E-state index in [9.17, 15) is 4.39 Å². The zero-order chi connectivity index (χ0) is 14.5. The van der Waals surface area contributed by atoms with Gasteiger partial charge in [0, 0.05) is 12.6 Å². The van der Waals surface area contributed by atoms with Crippen molar-refractivity contribution in [2.45, 2.75) is 39.0 Å². The number of nitrogen functional groups attached to an aromatic ring is 1. The van der Waals surface area contributed by atoms with Gasteiger partial charge in [-0.1, -0.05) is 38.3 Å². The van der Waals surface area contributed by atoms with Crippen molar-refractivity contribution >= 4 is 5.82 Å².